The van der Waals surface area contributed by atoms with Gasteiger partial charge in [-0.1, -0.05) is 11.6 Å². The van der Waals surface area contributed by atoms with Crippen molar-refractivity contribution in [3.63, 3.8) is 0 Å². The third kappa shape index (κ3) is 2.67. The van der Waals surface area contributed by atoms with Gasteiger partial charge in [0.25, 0.3) is 0 Å². The summed E-state index contributed by atoms with van der Waals surface area (Å²) in [6.07, 6.45) is 0. The summed E-state index contributed by atoms with van der Waals surface area (Å²) >= 11 is 9.07. The Balaban J connectivity index is 2.29. The smallest absolute Gasteiger partial charge is 0.388 e. The van der Waals surface area contributed by atoms with Gasteiger partial charge in [-0.15, -0.1) is 0 Å². The molecule has 0 aliphatic carbocycles. The highest BCUT2D eigenvalue weighted by Gasteiger charge is 2.26. The zero-order valence-corrected chi connectivity index (χ0v) is 14.0. The van der Waals surface area contributed by atoms with Crippen molar-refractivity contribution in [2.45, 2.75) is 13.5 Å². The molecule has 3 aromatic rings. The Labute approximate surface area is 141 Å². The van der Waals surface area contributed by atoms with Crippen molar-refractivity contribution in [2.75, 3.05) is 0 Å². The van der Waals surface area contributed by atoms with Crippen LogP contribution in [0.15, 0.2) is 15.0 Å². The number of ether oxygens (including phenoxy) is 1. The standard InChI is InChI=1S/C13H8BrClF3N3O2/c1-4-19-9-5(15)3-6(16)7(11(9)22-4)10-8(14)12(21(2)20-10)23-13(17)18/h3,13H,1-2H3. The van der Waals surface area contributed by atoms with Gasteiger partial charge < -0.3 is 9.15 Å². The summed E-state index contributed by atoms with van der Waals surface area (Å²) in [6, 6.07) is 1.07. The topological polar surface area (TPSA) is 53.1 Å². The lowest BCUT2D eigenvalue weighted by atomic mass is 10.1. The van der Waals surface area contributed by atoms with E-state index in [4.69, 9.17) is 16.0 Å². The number of aromatic nitrogens is 3. The fourth-order valence-electron chi connectivity index (χ4n) is 2.19. The van der Waals surface area contributed by atoms with Crippen LogP contribution in [0.5, 0.6) is 5.88 Å². The number of aryl methyl sites for hydroxylation is 2. The van der Waals surface area contributed by atoms with Crippen LogP contribution in [-0.2, 0) is 7.05 Å². The highest BCUT2D eigenvalue weighted by molar-refractivity contribution is 9.10. The summed E-state index contributed by atoms with van der Waals surface area (Å²) < 4.78 is 50.3. The van der Waals surface area contributed by atoms with E-state index in [0.717, 1.165) is 10.7 Å². The SMILES string of the molecule is Cc1nc2c(Cl)cc(F)c(-c3nn(C)c(OC(F)F)c3Br)c2o1. The van der Waals surface area contributed by atoms with Crippen LogP contribution in [0.1, 0.15) is 5.89 Å². The number of halogens is 5. The third-order valence-electron chi connectivity index (χ3n) is 3.06. The quantitative estimate of drug-likeness (QED) is 0.628. The molecule has 3 rings (SSSR count). The summed E-state index contributed by atoms with van der Waals surface area (Å²) in [6.45, 7) is -1.46. The number of nitrogens with zero attached hydrogens (tertiary/aromatic N) is 3. The molecule has 122 valence electrons. The van der Waals surface area contributed by atoms with Crippen molar-refractivity contribution in [3.8, 4) is 17.1 Å². The minimum absolute atomic E-state index is 0.0402. The van der Waals surface area contributed by atoms with Crippen LogP contribution in [0, 0.1) is 12.7 Å². The number of benzene rings is 1. The Morgan fingerprint density at radius 2 is 2.13 bits per heavy atom. The molecule has 0 saturated heterocycles. The van der Waals surface area contributed by atoms with Crippen LogP contribution >= 0.6 is 27.5 Å². The third-order valence-corrected chi connectivity index (χ3v) is 4.06. The van der Waals surface area contributed by atoms with Crippen LogP contribution in [-0.4, -0.2) is 21.4 Å². The lowest BCUT2D eigenvalue weighted by molar-refractivity contribution is -0.0558. The van der Waals surface area contributed by atoms with Crippen molar-refractivity contribution in [3.05, 3.63) is 27.3 Å². The second-order valence-corrected chi connectivity index (χ2v) is 5.80. The predicted molar refractivity (Wildman–Crippen MR) is 80.2 cm³/mol. The van der Waals surface area contributed by atoms with E-state index in [1.54, 1.807) is 6.92 Å². The molecule has 0 atom stereocenters. The maximum Gasteiger partial charge on any atom is 0.388 e. The Hall–Kier alpha value is -1.74. The molecule has 0 amide bonds. The Morgan fingerprint density at radius 3 is 2.78 bits per heavy atom. The summed E-state index contributed by atoms with van der Waals surface area (Å²) in [7, 11) is 1.39. The fraction of sp³-hybridized carbons (Fsp3) is 0.231. The summed E-state index contributed by atoms with van der Waals surface area (Å²) in [5.74, 6) is -0.681. The highest BCUT2D eigenvalue weighted by atomic mass is 79.9. The minimum atomic E-state index is -3.04. The van der Waals surface area contributed by atoms with E-state index < -0.39 is 12.4 Å². The number of alkyl halides is 2. The van der Waals surface area contributed by atoms with Gasteiger partial charge in [0, 0.05) is 14.0 Å². The molecular formula is C13H8BrClF3N3O2. The number of fused-ring (bicyclic) bond motifs is 1. The Bertz CT molecular complexity index is 910. The summed E-state index contributed by atoms with van der Waals surface area (Å²) in [5, 5.41) is 4.10. The summed E-state index contributed by atoms with van der Waals surface area (Å²) in [5.41, 5.74) is 0.333. The molecule has 0 bridgehead atoms. The maximum absolute atomic E-state index is 14.4. The first-order valence-electron chi connectivity index (χ1n) is 6.22. The molecule has 1 aromatic carbocycles. The molecular weight excluding hydrogens is 403 g/mol. The number of rotatable bonds is 3. The monoisotopic (exact) mass is 409 g/mol. The van der Waals surface area contributed by atoms with Crippen LogP contribution in [0.2, 0.25) is 5.02 Å². The normalized spacial score (nSPS) is 11.7. The first-order valence-corrected chi connectivity index (χ1v) is 7.39. The average molecular weight is 411 g/mol. The minimum Gasteiger partial charge on any atom is -0.440 e. The molecule has 23 heavy (non-hydrogen) atoms. The second kappa shape index (κ2) is 5.72. The van der Waals surface area contributed by atoms with Crippen LogP contribution in [0.4, 0.5) is 13.2 Å². The average Bonchev–Trinajstić information content (AvgIpc) is 2.95. The van der Waals surface area contributed by atoms with E-state index in [1.807, 2.05) is 0 Å². The van der Waals surface area contributed by atoms with Crippen LogP contribution < -0.4 is 4.74 Å². The number of oxazole rings is 1. The van der Waals surface area contributed by atoms with E-state index in [0.29, 0.717) is 0 Å². The van der Waals surface area contributed by atoms with E-state index in [1.165, 1.54) is 7.05 Å². The van der Waals surface area contributed by atoms with Crippen LogP contribution in [0.3, 0.4) is 0 Å². The van der Waals surface area contributed by atoms with E-state index in [2.05, 4.69) is 30.7 Å². The molecule has 0 N–H and O–H groups in total. The zero-order valence-electron chi connectivity index (χ0n) is 11.7. The number of hydrogen-bond acceptors (Lipinski definition) is 4. The van der Waals surface area contributed by atoms with Crippen molar-refractivity contribution in [1.29, 1.82) is 0 Å². The van der Waals surface area contributed by atoms with Crippen molar-refractivity contribution in [1.82, 2.24) is 14.8 Å². The van der Waals surface area contributed by atoms with Gasteiger partial charge in [0.2, 0.25) is 5.88 Å². The molecule has 0 spiro atoms. The van der Waals surface area contributed by atoms with Crippen LogP contribution in [0.25, 0.3) is 22.4 Å². The van der Waals surface area contributed by atoms with Gasteiger partial charge in [0.1, 0.15) is 21.5 Å². The summed E-state index contributed by atoms with van der Waals surface area (Å²) in [4.78, 5) is 4.08. The van der Waals surface area contributed by atoms with E-state index in [-0.39, 0.29) is 43.6 Å². The van der Waals surface area contributed by atoms with E-state index >= 15 is 0 Å². The molecule has 0 unspecified atom stereocenters. The lowest BCUT2D eigenvalue weighted by Gasteiger charge is -2.04. The van der Waals surface area contributed by atoms with Gasteiger partial charge in [0.05, 0.1) is 10.6 Å². The molecule has 0 fully saturated rings. The first kappa shape index (κ1) is 16.1. The largest absolute Gasteiger partial charge is 0.440 e. The van der Waals surface area contributed by atoms with Gasteiger partial charge in [0.15, 0.2) is 11.5 Å². The van der Waals surface area contributed by atoms with Gasteiger partial charge in [-0.25, -0.2) is 14.1 Å². The molecule has 5 nitrogen and oxygen atoms in total. The molecule has 2 heterocycles. The van der Waals surface area contributed by atoms with Gasteiger partial charge in [-0.2, -0.15) is 13.9 Å². The highest BCUT2D eigenvalue weighted by Crippen LogP contribution is 2.41. The molecule has 0 aliphatic heterocycles. The van der Waals surface area contributed by atoms with Crippen molar-refractivity contribution in [2.24, 2.45) is 7.05 Å². The maximum atomic E-state index is 14.4. The molecule has 10 heteroatoms. The Kier molecular flexibility index (Phi) is 4.01. The van der Waals surface area contributed by atoms with E-state index in [9.17, 15) is 13.2 Å². The van der Waals surface area contributed by atoms with Crippen molar-refractivity contribution >= 4 is 38.6 Å². The van der Waals surface area contributed by atoms with Gasteiger partial charge in [-0.05, 0) is 22.0 Å². The molecule has 0 aliphatic rings. The zero-order chi connectivity index (χ0) is 16.9. The van der Waals surface area contributed by atoms with Gasteiger partial charge in [-0.3, -0.25) is 0 Å². The first-order chi connectivity index (χ1) is 10.8. The molecule has 0 saturated carbocycles. The molecule has 2 aromatic heterocycles. The van der Waals surface area contributed by atoms with Crippen molar-refractivity contribution < 1.29 is 22.3 Å². The molecule has 0 radical (unpaired) electrons. The Morgan fingerprint density at radius 1 is 1.43 bits per heavy atom. The predicted octanol–water partition coefficient (Wildman–Crippen LogP) is 4.69. The second-order valence-electron chi connectivity index (χ2n) is 4.60. The van der Waals surface area contributed by atoms with Gasteiger partial charge >= 0.3 is 6.61 Å². The number of hydrogen-bond donors (Lipinski definition) is 0. The fourth-order valence-corrected chi connectivity index (χ4v) is 3.05. The lowest BCUT2D eigenvalue weighted by Crippen LogP contribution is -2.06.